The van der Waals surface area contributed by atoms with E-state index < -0.39 is 5.97 Å². The van der Waals surface area contributed by atoms with Crippen molar-refractivity contribution in [3.63, 3.8) is 0 Å². The van der Waals surface area contributed by atoms with Gasteiger partial charge in [-0.05, 0) is 42.1 Å². The number of hydrogen-bond acceptors (Lipinski definition) is 3. The van der Waals surface area contributed by atoms with Gasteiger partial charge in [0.05, 0.1) is 5.69 Å². The number of carbonyl (C=O) groups excluding carboxylic acids is 1. The molecule has 0 fully saturated rings. The molecule has 0 saturated carbocycles. The Morgan fingerprint density at radius 1 is 1.32 bits per heavy atom. The molecule has 0 aliphatic carbocycles. The van der Waals surface area contributed by atoms with Crippen molar-refractivity contribution in [3.05, 3.63) is 50.7 Å². The number of carboxylic acids is 1. The van der Waals surface area contributed by atoms with Crippen LogP contribution in [0.5, 0.6) is 0 Å². The lowest BCUT2D eigenvalue weighted by atomic mass is 10.1. The van der Waals surface area contributed by atoms with Crippen molar-refractivity contribution in [2.24, 2.45) is 0 Å². The van der Waals surface area contributed by atoms with Gasteiger partial charge in [0.1, 0.15) is 4.88 Å². The van der Waals surface area contributed by atoms with Gasteiger partial charge < -0.3 is 10.4 Å². The number of rotatable bonds is 3. The molecule has 4 nitrogen and oxygen atoms in total. The van der Waals surface area contributed by atoms with Crippen LogP contribution in [-0.2, 0) is 0 Å². The monoisotopic (exact) mass is 295 g/mol. The van der Waals surface area contributed by atoms with Gasteiger partial charge in [0.2, 0.25) is 0 Å². The van der Waals surface area contributed by atoms with Gasteiger partial charge in [-0.25, -0.2) is 4.79 Å². The molecule has 1 amide bonds. The number of carbonyl (C=O) groups is 2. The molecule has 98 valence electrons. The van der Waals surface area contributed by atoms with Crippen molar-refractivity contribution in [1.29, 1.82) is 0 Å². The summed E-state index contributed by atoms with van der Waals surface area (Å²) in [7, 11) is 0. The fourth-order valence-corrected chi connectivity index (χ4v) is 2.36. The van der Waals surface area contributed by atoms with Crippen molar-refractivity contribution in [2.75, 3.05) is 5.32 Å². The van der Waals surface area contributed by atoms with Crippen LogP contribution in [0.1, 0.15) is 25.6 Å². The Morgan fingerprint density at radius 2 is 2.05 bits per heavy atom. The maximum absolute atomic E-state index is 12.0. The number of hydrogen-bond donors (Lipinski definition) is 2. The third-order valence-corrected chi connectivity index (χ3v) is 3.85. The van der Waals surface area contributed by atoms with Crippen molar-refractivity contribution < 1.29 is 14.7 Å². The van der Waals surface area contributed by atoms with Crippen LogP contribution in [0.3, 0.4) is 0 Å². The molecule has 0 spiro atoms. The quantitative estimate of drug-likeness (QED) is 0.908. The van der Waals surface area contributed by atoms with Crippen LogP contribution >= 0.6 is 22.9 Å². The van der Waals surface area contributed by atoms with E-state index in [1.54, 1.807) is 36.6 Å². The maximum Gasteiger partial charge on any atom is 0.348 e. The van der Waals surface area contributed by atoms with Crippen molar-refractivity contribution in [3.8, 4) is 0 Å². The lowest BCUT2D eigenvalue weighted by molar-refractivity contribution is 0.0703. The zero-order valence-electron chi connectivity index (χ0n) is 9.94. The lowest BCUT2D eigenvalue weighted by Gasteiger charge is -2.06. The van der Waals surface area contributed by atoms with Gasteiger partial charge in [0, 0.05) is 10.6 Å². The first-order valence-corrected chi connectivity index (χ1v) is 6.63. The van der Waals surface area contributed by atoms with Crippen LogP contribution in [0.2, 0.25) is 5.02 Å². The lowest BCUT2D eigenvalue weighted by Crippen LogP contribution is -2.13. The molecule has 2 rings (SSSR count). The molecule has 0 unspecified atom stereocenters. The molecule has 2 N–H and O–H groups in total. The summed E-state index contributed by atoms with van der Waals surface area (Å²) in [6.45, 7) is 1.80. The van der Waals surface area contributed by atoms with Crippen LogP contribution in [0.25, 0.3) is 0 Å². The predicted molar refractivity (Wildman–Crippen MR) is 75.4 cm³/mol. The van der Waals surface area contributed by atoms with Crippen LogP contribution in [0.15, 0.2) is 29.6 Å². The Labute approximate surface area is 118 Å². The van der Waals surface area contributed by atoms with Gasteiger partial charge in [-0.15, -0.1) is 11.3 Å². The summed E-state index contributed by atoms with van der Waals surface area (Å²) in [5, 5.41) is 13.7. The molecule has 0 atom stereocenters. The van der Waals surface area contributed by atoms with Crippen LogP contribution in [-0.4, -0.2) is 17.0 Å². The van der Waals surface area contributed by atoms with Gasteiger partial charge in [-0.3, -0.25) is 4.79 Å². The molecule has 0 aliphatic rings. The van der Waals surface area contributed by atoms with Crippen molar-refractivity contribution in [1.82, 2.24) is 0 Å². The first-order chi connectivity index (χ1) is 8.99. The molecule has 0 bridgehead atoms. The van der Waals surface area contributed by atoms with Gasteiger partial charge >= 0.3 is 5.97 Å². The number of aromatic carboxylic acids is 1. The number of amides is 1. The summed E-state index contributed by atoms with van der Waals surface area (Å²) >= 11 is 6.95. The minimum atomic E-state index is -1.06. The summed E-state index contributed by atoms with van der Waals surface area (Å²) in [5.74, 6) is -1.42. The Kier molecular flexibility index (Phi) is 3.87. The predicted octanol–water partition coefficient (Wildman–Crippen LogP) is 3.66. The van der Waals surface area contributed by atoms with E-state index in [9.17, 15) is 9.59 Å². The number of halogens is 1. The van der Waals surface area contributed by atoms with E-state index in [4.69, 9.17) is 16.7 Å². The Balaban J connectivity index is 2.23. The molecule has 0 saturated heterocycles. The second-order valence-electron chi connectivity index (χ2n) is 3.89. The first-order valence-electron chi connectivity index (χ1n) is 5.37. The van der Waals surface area contributed by atoms with E-state index in [2.05, 4.69) is 5.32 Å². The first kappa shape index (κ1) is 13.6. The normalized spacial score (nSPS) is 10.2. The molecular weight excluding hydrogens is 286 g/mol. The zero-order chi connectivity index (χ0) is 14.0. The topological polar surface area (TPSA) is 66.4 Å². The minimum Gasteiger partial charge on any atom is -0.477 e. The zero-order valence-corrected chi connectivity index (χ0v) is 11.5. The van der Waals surface area contributed by atoms with Crippen molar-refractivity contribution in [2.45, 2.75) is 6.92 Å². The van der Waals surface area contributed by atoms with Gasteiger partial charge in [-0.1, -0.05) is 11.6 Å². The number of benzene rings is 1. The second-order valence-corrected chi connectivity index (χ2v) is 5.21. The molecular formula is C13H10ClNO3S. The summed E-state index contributed by atoms with van der Waals surface area (Å²) in [6, 6.07) is 6.45. The molecule has 0 radical (unpaired) electrons. The summed E-state index contributed by atoms with van der Waals surface area (Å²) in [4.78, 5) is 23.1. The number of aryl methyl sites for hydroxylation is 1. The molecule has 19 heavy (non-hydrogen) atoms. The third-order valence-electron chi connectivity index (χ3n) is 2.53. The van der Waals surface area contributed by atoms with E-state index in [0.29, 0.717) is 16.3 Å². The average molecular weight is 296 g/mol. The fourth-order valence-electron chi connectivity index (χ4n) is 1.55. The van der Waals surface area contributed by atoms with Crippen LogP contribution in [0, 0.1) is 6.92 Å². The van der Waals surface area contributed by atoms with Crippen molar-refractivity contribution >= 4 is 40.5 Å². The SMILES string of the molecule is Cc1cc(C(=O)Nc2ccsc2C(=O)O)ccc1Cl. The Hall–Kier alpha value is -1.85. The average Bonchev–Trinajstić information content (AvgIpc) is 2.80. The van der Waals surface area contributed by atoms with E-state index in [-0.39, 0.29) is 10.8 Å². The van der Waals surface area contributed by atoms with E-state index in [0.717, 1.165) is 16.9 Å². The third kappa shape index (κ3) is 2.94. The molecule has 0 aliphatic heterocycles. The number of anilines is 1. The van der Waals surface area contributed by atoms with Gasteiger partial charge in [0.15, 0.2) is 0 Å². The highest BCUT2D eigenvalue weighted by molar-refractivity contribution is 7.12. The summed E-state index contributed by atoms with van der Waals surface area (Å²) in [6.07, 6.45) is 0. The molecule has 1 heterocycles. The second kappa shape index (κ2) is 5.42. The van der Waals surface area contributed by atoms with Gasteiger partial charge in [0.25, 0.3) is 5.91 Å². The standard InChI is InChI=1S/C13H10ClNO3S/c1-7-6-8(2-3-9(7)14)12(16)15-10-4-5-19-11(10)13(17)18/h2-6H,1H3,(H,15,16)(H,17,18). The van der Waals surface area contributed by atoms with E-state index in [1.165, 1.54) is 0 Å². The number of nitrogens with one attached hydrogen (secondary N) is 1. The van der Waals surface area contributed by atoms with Crippen LogP contribution in [0.4, 0.5) is 5.69 Å². The summed E-state index contributed by atoms with van der Waals surface area (Å²) < 4.78 is 0. The minimum absolute atomic E-state index is 0.110. The van der Waals surface area contributed by atoms with E-state index in [1.807, 2.05) is 0 Å². The highest BCUT2D eigenvalue weighted by Gasteiger charge is 2.15. The maximum atomic E-state index is 12.0. The Morgan fingerprint density at radius 3 is 2.68 bits per heavy atom. The molecule has 6 heteroatoms. The highest BCUT2D eigenvalue weighted by atomic mass is 35.5. The van der Waals surface area contributed by atoms with E-state index >= 15 is 0 Å². The molecule has 2 aromatic rings. The van der Waals surface area contributed by atoms with Crippen LogP contribution < -0.4 is 5.32 Å². The number of thiophene rings is 1. The largest absolute Gasteiger partial charge is 0.477 e. The highest BCUT2D eigenvalue weighted by Crippen LogP contribution is 2.23. The fraction of sp³-hybridized carbons (Fsp3) is 0.0769. The molecule has 1 aromatic carbocycles. The smallest absolute Gasteiger partial charge is 0.348 e. The number of carboxylic acid groups (broad SMARTS) is 1. The Bertz CT molecular complexity index is 651. The summed E-state index contributed by atoms with van der Waals surface area (Å²) in [5.41, 5.74) is 1.53. The van der Waals surface area contributed by atoms with Gasteiger partial charge in [-0.2, -0.15) is 0 Å². The molecule has 1 aromatic heterocycles.